The molecule has 0 aromatic carbocycles. The minimum atomic E-state index is -1.93. The van der Waals surface area contributed by atoms with Gasteiger partial charge in [-0.15, -0.1) is 0 Å². The second-order valence-electron chi connectivity index (χ2n) is 7.58. The largest absolute Gasteiger partial charge is 0.546 e. The van der Waals surface area contributed by atoms with Gasteiger partial charge in [0.15, 0.2) is 0 Å². The van der Waals surface area contributed by atoms with Crippen LogP contribution in [0.5, 0.6) is 0 Å². The van der Waals surface area contributed by atoms with Crippen LogP contribution in [0.15, 0.2) is 34.6 Å². The van der Waals surface area contributed by atoms with E-state index in [0.717, 1.165) is 11.5 Å². The van der Waals surface area contributed by atoms with Gasteiger partial charge >= 0.3 is 0 Å². The molecule has 1 aliphatic heterocycles. The molecule has 0 saturated carbocycles. The summed E-state index contributed by atoms with van der Waals surface area (Å²) in [6, 6.07) is 3.90. The molecule has 4 heteroatoms. The lowest BCUT2D eigenvalue weighted by Crippen LogP contribution is -2.48. The lowest BCUT2D eigenvalue weighted by molar-refractivity contribution is 0.00167. The third-order valence-corrected chi connectivity index (χ3v) is 11.3. The number of rotatable bonds is 6. The summed E-state index contributed by atoms with van der Waals surface area (Å²) in [6.07, 6.45) is 3.78. The van der Waals surface area contributed by atoms with Crippen LogP contribution >= 0.6 is 0 Å². The summed E-state index contributed by atoms with van der Waals surface area (Å²) in [7, 11) is -1.93. The Labute approximate surface area is 142 Å². The van der Waals surface area contributed by atoms with Gasteiger partial charge in [0.25, 0.3) is 8.32 Å². The first-order valence-electron chi connectivity index (χ1n) is 8.84. The lowest BCUT2D eigenvalue weighted by Gasteiger charge is -2.45. The van der Waals surface area contributed by atoms with Crippen molar-refractivity contribution in [3.8, 4) is 0 Å². The van der Waals surface area contributed by atoms with E-state index >= 15 is 0 Å². The first kappa shape index (κ1) is 18.3. The molecular weight excluding hydrogens is 304 g/mol. The highest BCUT2D eigenvalue weighted by molar-refractivity contribution is 6.77. The van der Waals surface area contributed by atoms with Crippen molar-refractivity contribution in [3.05, 3.63) is 36.0 Å². The second kappa shape index (κ2) is 7.26. The van der Waals surface area contributed by atoms with Crippen molar-refractivity contribution < 1.29 is 13.6 Å². The van der Waals surface area contributed by atoms with Crippen molar-refractivity contribution in [1.29, 1.82) is 0 Å². The first-order chi connectivity index (χ1) is 10.8. The van der Waals surface area contributed by atoms with Crippen LogP contribution in [0.3, 0.4) is 0 Å². The standard InChI is InChI=1S/C19H32O3Si/c1-13(2)23(14(3)4,15(5)6)22-17-10-12-21-19(16(17)7)18-9-8-11-20-18/h8-11,13-16,19H,12H2,1-7H3/t16-,19+/m0/s1. The van der Waals surface area contributed by atoms with E-state index in [1.54, 1.807) is 6.26 Å². The zero-order valence-corrected chi connectivity index (χ0v) is 16.6. The molecule has 23 heavy (non-hydrogen) atoms. The molecule has 0 spiro atoms. The van der Waals surface area contributed by atoms with Crippen LogP contribution in [0.1, 0.15) is 60.3 Å². The highest BCUT2D eigenvalue weighted by Crippen LogP contribution is 2.46. The summed E-state index contributed by atoms with van der Waals surface area (Å²) in [5, 5.41) is 0. The van der Waals surface area contributed by atoms with E-state index in [1.165, 1.54) is 0 Å². The smallest absolute Gasteiger partial charge is 0.258 e. The fraction of sp³-hybridized carbons (Fsp3) is 0.684. The van der Waals surface area contributed by atoms with Crippen LogP contribution in [-0.2, 0) is 9.16 Å². The first-order valence-corrected chi connectivity index (χ1v) is 11.0. The Morgan fingerprint density at radius 3 is 2.17 bits per heavy atom. The number of hydrogen-bond acceptors (Lipinski definition) is 3. The average Bonchev–Trinajstić information content (AvgIpc) is 2.99. The van der Waals surface area contributed by atoms with Gasteiger partial charge in [-0.3, -0.25) is 0 Å². The Bertz CT molecular complexity index is 495. The maximum absolute atomic E-state index is 6.88. The van der Waals surface area contributed by atoms with E-state index < -0.39 is 8.32 Å². The monoisotopic (exact) mass is 336 g/mol. The average molecular weight is 337 g/mol. The predicted octanol–water partition coefficient (Wildman–Crippen LogP) is 6.06. The Kier molecular flexibility index (Phi) is 5.79. The SMILES string of the molecule is CC(C)[Si](OC1=CCO[C@@H](c2ccco2)[C@H]1C)(C(C)C)C(C)C. The molecule has 0 unspecified atom stereocenters. The maximum atomic E-state index is 6.88. The van der Waals surface area contributed by atoms with Gasteiger partial charge in [-0.05, 0) is 34.8 Å². The van der Waals surface area contributed by atoms with Crippen molar-refractivity contribution in [3.63, 3.8) is 0 Å². The molecule has 2 rings (SSSR count). The summed E-state index contributed by atoms with van der Waals surface area (Å²) in [4.78, 5) is 0. The molecular formula is C19H32O3Si. The third-order valence-electron chi connectivity index (χ3n) is 5.29. The molecule has 0 N–H and O–H groups in total. The van der Waals surface area contributed by atoms with Crippen LogP contribution in [0.25, 0.3) is 0 Å². The van der Waals surface area contributed by atoms with Gasteiger partial charge in [-0.1, -0.05) is 48.5 Å². The summed E-state index contributed by atoms with van der Waals surface area (Å²) in [6.45, 7) is 16.7. The van der Waals surface area contributed by atoms with Crippen LogP contribution in [0, 0.1) is 5.92 Å². The van der Waals surface area contributed by atoms with Crippen molar-refractivity contribution in [1.82, 2.24) is 0 Å². The minimum absolute atomic E-state index is 0.0526. The molecule has 130 valence electrons. The zero-order chi connectivity index (χ0) is 17.2. The van der Waals surface area contributed by atoms with Gasteiger partial charge < -0.3 is 13.6 Å². The minimum Gasteiger partial charge on any atom is -0.546 e. The van der Waals surface area contributed by atoms with E-state index in [1.807, 2.05) is 12.1 Å². The van der Waals surface area contributed by atoms with E-state index in [0.29, 0.717) is 23.2 Å². The molecule has 0 amide bonds. The Hall–Kier alpha value is -1.00. The molecule has 0 fully saturated rings. The maximum Gasteiger partial charge on any atom is 0.258 e. The van der Waals surface area contributed by atoms with Gasteiger partial charge in [0.2, 0.25) is 0 Å². The summed E-state index contributed by atoms with van der Waals surface area (Å²) in [5.74, 6) is 2.16. The molecule has 0 saturated heterocycles. The number of hydrogen-bond donors (Lipinski definition) is 0. The van der Waals surface area contributed by atoms with E-state index in [9.17, 15) is 0 Å². The van der Waals surface area contributed by atoms with E-state index in [-0.39, 0.29) is 12.0 Å². The highest BCUT2D eigenvalue weighted by Gasteiger charge is 2.48. The van der Waals surface area contributed by atoms with E-state index in [4.69, 9.17) is 13.6 Å². The van der Waals surface area contributed by atoms with Crippen LogP contribution in [0.2, 0.25) is 16.6 Å². The molecule has 1 aromatic rings. The molecule has 0 aliphatic carbocycles. The third kappa shape index (κ3) is 3.43. The molecule has 2 heterocycles. The molecule has 1 aliphatic rings. The Morgan fingerprint density at radius 1 is 1.09 bits per heavy atom. The van der Waals surface area contributed by atoms with Crippen molar-refractivity contribution in [2.24, 2.45) is 5.92 Å². The molecule has 3 nitrogen and oxygen atoms in total. The highest BCUT2D eigenvalue weighted by atomic mass is 28.4. The van der Waals surface area contributed by atoms with Gasteiger partial charge in [0, 0.05) is 5.92 Å². The topological polar surface area (TPSA) is 31.6 Å². The lowest BCUT2D eigenvalue weighted by atomic mass is 9.98. The fourth-order valence-electron chi connectivity index (χ4n) is 4.19. The Balaban J connectivity index is 2.28. The Morgan fingerprint density at radius 2 is 1.70 bits per heavy atom. The predicted molar refractivity (Wildman–Crippen MR) is 96.8 cm³/mol. The van der Waals surface area contributed by atoms with Gasteiger partial charge in [0.05, 0.1) is 18.6 Å². The van der Waals surface area contributed by atoms with Crippen LogP contribution in [-0.4, -0.2) is 14.9 Å². The van der Waals surface area contributed by atoms with Crippen molar-refractivity contribution in [2.45, 2.75) is 71.2 Å². The normalized spacial score (nSPS) is 22.8. The van der Waals surface area contributed by atoms with Crippen LogP contribution in [0.4, 0.5) is 0 Å². The summed E-state index contributed by atoms with van der Waals surface area (Å²) < 4.78 is 18.4. The molecule has 1 aromatic heterocycles. The van der Waals surface area contributed by atoms with Crippen molar-refractivity contribution in [2.75, 3.05) is 6.61 Å². The molecule has 0 bridgehead atoms. The van der Waals surface area contributed by atoms with Crippen LogP contribution < -0.4 is 0 Å². The quantitative estimate of drug-likeness (QED) is 0.591. The number of ether oxygens (including phenoxy) is 1. The van der Waals surface area contributed by atoms with Gasteiger partial charge in [-0.2, -0.15) is 0 Å². The summed E-state index contributed by atoms with van der Waals surface area (Å²) in [5.41, 5.74) is 1.71. The van der Waals surface area contributed by atoms with Crippen molar-refractivity contribution >= 4 is 8.32 Å². The van der Waals surface area contributed by atoms with Gasteiger partial charge in [0.1, 0.15) is 11.9 Å². The van der Waals surface area contributed by atoms with Gasteiger partial charge in [-0.25, -0.2) is 0 Å². The number of furan rings is 1. The molecule has 2 atom stereocenters. The molecule has 0 radical (unpaired) electrons. The second-order valence-corrected chi connectivity index (χ2v) is 13.0. The van der Waals surface area contributed by atoms with E-state index in [2.05, 4.69) is 54.5 Å². The summed E-state index contributed by atoms with van der Waals surface area (Å²) >= 11 is 0. The fourth-order valence-corrected chi connectivity index (χ4v) is 9.57. The zero-order valence-electron chi connectivity index (χ0n) is 15.6.